The van der Waals surface area contributed by atoms with Crippen molar-refractivity contribution in [3.05, 3.63) is 24.0 Å². The molecule has 16 heavy (non-hydrogen) atoms. The SMILES string of the molecule is C[C@@H](N)c1ccc(N(C)CC(C)(C)O)cn1. The summed E-state index contributed by atoms with van der Waals surface area (Å²) in [7, 11) is 1.93. The molecule has 1 atom stereocenters. The molecule has 0 aliphatic rings. The Bertz CT molecular complexity index is 327. The molecular weight excluding hydrogens is 202 g/mol. The second-order valence-electron chi connectivity index (χ2n) is 4.90. The predicted molar refractivity (Wildman–Crippen MR) is 66.4 cm³/mol. The molecule has 0 bridgehead atoms. The molecule has 90 valence electrons. The standard InChI is InChI=1S/C12H21N3O/c1-9(13)11-6-5-10(7-14-11)15(4)8-12(2,3)16/h5-7,9,16H,8,13H2,1-4H3/t9-/m1/s1. The van der Waals surface area contributed by atoms with Crippen LogP contribution in [0.2, 0.25) is 0 Å². The maximum Gasteiger partial charge on any atom is 0.0765 e. The van der Waals surface area contributed by atoms with Gasteiger partial charge in [-0.05, 0) is 32.9 Å². The number of anilines is 1. The summed E-state index contributed by atoms with van der Waals surface area (Å²) in [6.45, 7) is 6.04. The fourth-order valence-corrected chi connectivity index (χ4v) is 1.56. The summed E-state index contributed by atoms with van der Waals surface area (Å²) < 4.78 is 0. The van der Waals surface area contributed by atoms with Gasteiger partial charge in [0.25, 0.3) is 0 Å². The van der Waals surface area contributed by atoms with Crippen molar-refractivity contribution in [3.63, 3.8) is 0 Å². The number of aliphatic hydroxyl groups is 1. The van der Waals surface area contributed by atoms with Gasteiger partial charge in [0.15, 0.2) is 0 Å². The van der Waals surface area contributed by atoms with E-state index in [0.29, 0.717) is 6.54 Å². The first kappa shape index (κ1) is 12.9. The van der Waals surface area contributed by atoms with Crippen molar-refractivity contribution in [3.8, 4) is 0 Å². The van der Waals surface area contributed by atoms with Gasteiger partial charge >= 0.3 is 0 Å². The van der Waals surface area contributed by atoms with Gasteiger partial charge in [0.05, 0.1) is 23.2 Å². The molecule has 4 heteroatoms. The van der Waals surface area contributed by atoms with Crippen molar-refractivity contribution < 1.29 is 5.11 Å². The minimum absolute atomic E-state index is 0.0476. The quantitative estimate of drug-likeness (QED) is 0.808. The van der Waals surface area contributed by atoms with Crippen LogP contribution in [0.3, 0.4) is 0 Å². The zero-order valence-corrected chi connectivity index (χ0v) is 10.4. The molecule has 1 rings (SSSR count). The summed E-state index contributed by atoms with van der Waals surface area (Å²) in [5, 5.41) is 9.71. The van der Waals surface area contributed by atoms with Crippen LogP contribution >= 0.6 is 0 Å². The number of rotatable bonds is 4. The minimum Gasteiger partial charge on any atom is -0.389 e. The van der Waals surface area contributed by atoms with Crippen LogP contribution in [0.25, 0.3) is 0 Å². The Kier molecular flexibility index (Phi) is 3.88. The van der Waals surface area contributed by atoms with Crippen LogP contribution in [0, 0.1) is 0 Å². The normalized spacial score (nSPS) is 13.6. The van der Waals surface area contributed by atoms with Gasteiger partial charge in [-0.25, -0.2) is 0 Å². The Labute approximate surface area is 97.1 Å². The van der Waals surface area contributed by atoms with Gasteiger partial charge in [0.2, 0.25) is 0 Å². The third-order valence-corrected chi connectivity index (χ3v) is 2.30. The zero-order chi connectivity index (χ0) is 12.3. The highest BCUT2D eigenvalue weighted by molar-refractivity contribution is 5.44. The molecule has 0 aliphatic heterocycles. The van der Waals surface area contributed by atoms with E-state index in [1.54, 1.807) is 20.0 Å². The first-order valence-corrected chi connectivity index (χ1v) is 5.44. The number of likely N-dealkylation sites (N-methyl/N-ethyl adjacent to an activating group) is 1. The molecule has 3 N–H and O–H groups in total. The highest BCUT2D eigenvalue weighted by atomic mass is 16.3. The highest BCUT2D eigenvalue weighted by Crippen LogP contribution is 2.16. The van der Waals surface area contributed by atoms with E-state index < -0.39 is 5.60 Å². The number of hydrogen-bond acceptors (Lipinski definition) is 4. The number of nitrogens with two attached hydrogens (primary N) is 1. The van der Waals surface area contributed by atoms with Crippen LogP contribution in [-0.4, -0.2) is 29.3 Å². The van der Waals surface area contributed by atoms with Gasteiger partial charge in [-0.2, -0.15) is 0 Å². The predicted octanol–water partition coefficient (Wildman–Crippen LogP) is 1.31. The van der Waals surface area contributed by atoms with Crippen LogP contribution < -0.4 is 10.6 Å². The van der Waals surface area contributed by atoms with Crippen molar-refractivity contribution in [2.24, 2.45) is 5.73 Å². The molecule has 0 saturated heterocycles. The van der Waals surface area contributed by atoms with Gasteiger partial charge in [-0.15, -0.1) is 0 Å². The minimum atomic E-state index is -0.714. The molecule has 1 heterocycles. The number of hydrogen-bond donors (Lipinski definition) is 2. The second kappa shape index (κ2) is 4.80. The van der Waals surface area contributed by atoms with E-state index in [-0.39, 0.29) is 6.04 Å². The van der Waals surface area contributed by atoms with E-state index in [2.05, 4.69) is 4.98 Å². The molecule has 1 aromatic rings. The average molecular weight is 223 g/mol. The summed E-state index contributed by atoms with van der Waals surface area (Å²) in [5.41, 5.74) is 6.87. The van der Waals surface area contributed by atoms with Crippen LogP contribution in [0.1, 0.15) is 32.5 Å². The molecule has 0 radical (unpaired) electrons. The lowest BCUT2D eigenvalue weighted by atomic mass is 10.1. The fraction of sp³-hybridized carbons (Fsp3) is 0.583. The largest absolute Gasteiger partial charge is 0.389 e. The zero-order valence-electron chi connectivity index (χ0n) is 10.4. The first-order chi connectivity index (χ1) is 7.29. The average Bonchev–Trinajstić information content (AvgIpc) is 2.15. The highest BCUT2D eigenvalue weighted by Gasteiger charge is 2.16. The van der Waals surface area contributed by atoms with Crippen LogP contribution in [0.5, 0.6) is 0 Å². The van der Waals surface area contributed by atoms with E-state index in [4.69, 9.17) is 5.73 Å². The van der Waals surface area contributed by atoms with Crippen molar-refractivity contribution in [1.29, 1.82) is 0 Å². The van der Waals surface area contributed by atoms with E-state index in [1.807, 2.05) is 31.0 Å². The molecule has 4 nitrogen and oxygen atoms in total. The van der Waals surface area contributed by atoms with Gasteiger partial charge in [-0.1, -0.05) is 0 Å². The van der Waals surface area contributed by atoms with Gasteiger partial charge in [0, 0.05) is 19.6 Å². The van der Waals surface area contributed by atoms with Gasteiger partial charge in [0.1, 0.15) is 0 Å². The lowest BCUT2D eigenvalue weighted by molar-refractivity contribution is 0.0886. The molecule has 0 spiro atoms. The summed E-state index contributed by atoms with van der Waals surface area (Å²) >= 11 is 0. The van der Waals surface area contributed by atoms with Gasteiger partial charge in [-0.3, -0.25) is 4.98 Å². The number of nitrogens with zero attached hydrogens (tertiary/aromatic N) is 2. The van der Waals surface area contributed by atoms with E-state index in [1.165, 1.54) is 0 Å². The number of pyridine rings is 1. The van der Waals surface area contributed by atoms with E-state index >= 15 is 0 Å². The summed E-state index contributed by atoms with van der Waals surface area (Å²) in [6, 6.07) is 3.84. The Morgan fingerprint density at radius 1 is 1.50 bits per heavy atom. The summed E-state index contributed by atoms with van der Waals surface area (Å²) in [6.07, 6.45) is 1.78. The van der Waals surface area contributed by atoms with Crippen molar-refractivity contribution >= 4 is 5.69 Å². The van der Waals surface area contributed by atoms with Crippen molar-refractivity contribution in [2.75, 3.05) is 18.5 Å². The third kappa shape index (κ3) is 3.79. The van der Waals surface area contributed by atoms with Gasteiger partial charge < -0.3 is 15.7 Å². The topological polar surface area (TPSA) is 62.4 Å². The fourth-order valence-electron chi connectivity index (χ4n) is 1.56. The smallest absolute Gasteiger partial charge is 0.0765 e. The summed E-state index contributed by atoms with van der Waals surface area (Å²) in [5.74, 6) is 0. The van der Waals surface area contributed by atoms with E-state index in [0.717, 1.165) is 11.4 Å². The Morgan fingerprint density at radius 2 is 2.12 bits per heavy atom. The molecule has 0 amide bonds. The summed E-state index contributed by atoms with van der Waals surface area (Å²) in [4.78, 5) is 6.25. The Balaban J connectivity index is 2.74. The lowest BCUT2D eigenvalue weighted by Crippen LogP contribution is -2.36. The maximum absolute atomic E-state index is 9.71. The molecule has 1 aromatic heterocycles. The van der Waals surface area contributed by atoms with Crippen molar-refractivity contribution in [2.45, 2.75) is 32.4 Å². The first-order valence-electron chi connectivity index (χ1n) is 5.44. The monoisotopic (exact) mass is 223 g/mol. The molecule has 0 aromatic carbocycles. The maximum atomic E-state index is 9.71. The lowest BCUT2D eigenvalue weighted by Gasteiger charge is -2.27. The molecular formula is C12H21N3O. The molecule has 0 unspecified atom stereocenters. The van der Waals surface area contributed by atoms with E-state index in [9.17, 15) is 5.11 Å². The molecule has 0 aliphatic carbocycles. The molecule has 0 saturated carbocycles. The Hall–Kier alpha value is -1.13. The third-order valence-electron chi connectivity index (χ3n) is 2.30. The van der Waals surface area contributed by atoms with Crippen LogP contribution in [-0.2, 0) is 0 Å². The second-order valence-corrected chi connectivity index (χ2v) is 4.90. The van der Waals surface area contributed by atoms with Crippen molar-refractivity contribution in [1.82, 2.24) is 4.98 Å². The van der Waals surface area contributed by atoms with Crippen LogP contribution in [0.4, 0.5) is 5.69 Å². The molecule has 0 fully saturated rings. The van der Waals surface area contributed by atoms with Crippen LogP contribution in [0.15, 0.2) is 18.3 Å². The Morgan fingerprint density at radius 3 is 2.50 bits per heavy atom. The number of aromatic nitrogens is 1.